The number of rotatable bonds is 5. The van der Waals surface area contributed by atoms with Crippen LogP contribution in [0.4, 0.5) is 11.5 Å². The van der Waals surface area contributed by atoms with Gasteiger partial charge in [-0.05, 0) is 50.8 Å². The zero-order chi connectivity index (χ0) is 21.1. The summed E-state index contributed by atoms with van der Waals surface area (Å²) in [4.78, 5) is 24.0. The van der Waals surface area contributed by atoms with Gasteiger partial charge in [-0.2, -0.15) is 5.10 Å². The van der Waals surface area contributed by atoms with Crippen molar-refractivity contribution in [3.8, 4) is 5.82 Å². The van der Waals surface area contributed by atoms with E-state index in [1.54, 1.807) is 6.33 Å². The molecule has 3 heterocycles. The molecule has 1 atom stereocenters. The third kappa shape index (κ3) is 4.20. The highest BCUT2D eigenvalue weighted by Gasteiger charge is 2.27. The molecular formula is C23H28N6O. The summed E-state index contributed by atoms with van der Waals surface area (Å²) in [6.45, 7) is 7.60. The van der Waals surface area contributed by atoms with E-state index in [9.17, 15) is 4.79 Å². The van der Waals surface area contributed by atoms with E-state index in [-0.39, 0.29) is 11.8 Å². The first-order chi connectivity index (χ1) is 14.5. The molecule has 1 fully saturated rings. The van der Waals surface area contributed by atoms with Crippen LogP contribution in [0.15, 0.2) is 42.7 Å². The predicted octanol–water partition coefficient (Wildman–Crippen LogP) is 3.70. The Kier molecular flexibility index (Phi) is 5.79. The van der Waals surface area contributed by atoms with Crippen LogP contribution in [-0.2, 0) is 11.2 Å². The summed E-state index contributed by atoms with van der Waals surface area (Å²) in [6.07, 6.45) is 4.30. The summed E-state index contributed by atoms with van der Waals surface area (Å²) in [5, 5.41) is 7.65. The predicted molar refractivity (Wildman–Crippen MR) is 118 cm³/mol. The smallest absolute Gasteiger partial charge is 0.229 e. The number of aryl methyl sites for hydroxylation is 3. The molecule has 7 heteroatoms. The van der Waals surface area contributed by atoms with Crippen LogP contribution in [0.3, 0.4) is 0 Å². The van der Waals surface area contributed by atoms with Gasteiger partial charge >= 0.3 is 0 Å². The summed E-state index contributed by atoms with van der Waals surface area (Å²) >= 11 is 0. The van der Waals surface area contributed by atoms with E-state index in [4.69, 9.17) is 0 Å². The highest BCUT2D eigenvalue weighted by Crippen LogP contribution is 2.25. The van der Waals surface area contributed by atoms with Gasteiger partial charge in [-0.1, -0.05) is 25.1 Å². The number of piperidine rings is 1. The number of hydrogen-bond donors (Lipinski definition) is 1. The Morgan fingerprint density at radius 2 is 1.97 bits per heavy atom. The highest BCUT2D eigenvalue weighted by atomic mass is 16.1. The Balaban J connectivity index is 1.49. The molecule has 1 aliphatic heterocycles. The normalized spacial score (nSPS) is 16.5. The van der Waals surface area contributed by atoms with Crippen molar-refractivity contribution in [2.45, 2.75) is 40.0 Å². The largest absolute Gasteiger partial charge is 0.356 e. The maximum absolute atomic E-state index is 13.0. The molecule has 4 rings (SSSR count). The molecule has 1 aromatic carbocycles. The Morgan fingerprint density at radius 3 is 2.73 bits per heavy atom. The van der Waals surface area contributed by atoms with Crippen molar-refractivity contribution in [3.63, 3.8) is 0 Å². The number of carbonyl (C=O) groups excluding carboxylic acids is 1. The second-order valence-corrected chi connectivity index (χ2v) is 7.86. The van der Waals surface area contributed by atoms with Gasteiger partial charge in [0.15, 0.2) is 5.82 Å². The van der Waals surface area contributed by atoms with Gasteiger partial charge in [0.1, 0.15) is 12.1 Å². The number of nitrogens with zero attached hydrogens (tertiary/aromatic N) is 5. The number of hydrogen-bond acceptors (Lipinski definition) is 5. The van der Waals surface area contributed by atoms with E-state index in [0.29, 0.717) is 6.54 Å². The average Bonchev–Trinajstić information content (AvgIpc) is 3.12. The van der Waals surface area contributed by atoms with Crippen LogP contribution in [0.25, 0.3) is 5.82 Å². The first-order valence-electron chi connectivity index (χ1n) is 10.5. The number of anilines is 2. The Labute approximate surface area is 177 Å². The van der Waals surface area contributed by atoms with Crippen molar-refractivity contribution in [1.82, 2.24) is 19.7 Å². The van der Waals surface area contributed by atoms with Crippen molar-refractivity contribution >= 4 is 17.4 Å². The summed E-state index contributed by atoms with van der Waals surface area (Å²) in [7, 11) is 0. The van der Waals surface area contributed by atoms with Crippen LogP contribution in [0.1, 0.15) is 36.7 Å². The van der Waals surface area contributed by atoms with Gasteiger partial charge in [0.2, 0.25) is 5.91 Å². The molecule has 156 valence electrons. The van der Waals surface area contributed by atoms with Crippen molar-refractivity contribution in [3.05, 3.63) is 59.7 Å². The fourth-order valence-corrected chi connectivity index (χ4v) is 4.07. The molecule has 0 saturated carbocycles. The molecular weight excluding hydrogens is 376 g/mol. The van der Waals surface area contributed by atoms with Gasteiger partial charge in [0.05, 0.1) is 11.6 Å². The van der Waals surface area contributed by atoms with Gasteiger partial charge in [-0.25, -0.2) is 14.6 Å². The zero-order valence-corrected chi connectivity index (χ0v) is 17.8. The Hall–Kier alpha value is -3.22. The molecule has 1 amide bonds. The molecule has 0 radical (unpaired) electrons. The van der Waals surface area contributed by atoms with Crippen molar-refractivity contribution in [2.24, 2.45) is 5.92 Å². The molecule has 1 unspecified atom stereocenters. The lowest BCUT2D eigenvalue weighted by atomic mass is 9.96. The van der Waals surface area contributed by atoms with Gasteiger partial charge in [0.25, 0.3) is 0 Å². The molecule has 0 bridgehead atoms. The van der Waals surface area contributed by atoms with Gasteiger partial charge in [0, 0.05) is 30.5 Å². The molecule has 3 aromatic rings. The molecule has 0 spiro atoms. The third-order valence-corrected chi connectivity index (χ3v) is 5.64. The fraction of sp³-hybridized carbons (Fsp3) is 0.391. The summed E-state index contributed by atoms with van der Waals surface area (Å²) in [5.41, 5.74) is 4.05. The summed E-state index contributed by atoms with van der Waals surface area (Å²) in [5.74, 6) is 1.58. The SMILES string of the molecule is CCc1ccccc1NC(=O)C1CCCN(c2cc(-n3nc(C)cc3C)ncn2)C1. The second kappa shape index (κ2) is 8.65. The molecule has 30 heavy (non-hydrogen) atoms. The van der Waals surface area contributed by atoms with Crippen LogP contribution >= 0.6 is 0 Å². The van der Waals surface area contributed by atoms with Gasteiger partial charge in [-0.3, -0.25) is 4.79 Å². The summed E-state index contributed by atoms with van der Waals surface area (Å²) < 4.78 is 1.83. The lowest BCUT2D eigenvalue weighted by molar-refractivity contribution is -0.120. The first-order valence-corrected chi connectivity index (χ1v) is 10.5. The molecule has 0 aliphatic carbocycles. The van der Waals surface area contributed by atoms with Crippen LogP contribution in [0.2, 0.25) is 0 Å². The van der Waals surface area contributed by atoms with Crippen molar-refractivity contribution in [2.75, 3.05) is 23.3 Å². The number of benzene rings is 1. The van der Waals surface area contributed by atoms with Crippen molar-refractivity contribution in [1.29, 1.82) is 0 Å². The van der Waals surface area contributed by atoms with Crippen molar-refractivity contribution < 1.29 is 4.79 Å². The highest BCUT2D eigenvalue weighted by molar-refractivity contribution is 5.93. The monoisotopic (exact) mass is 404 g/mol. The van der Waals surface area contributed by atoms with E-state index in [1.807, 2.05) is 48.9 Å². The lowest BCUT2D eigenvalue weighted by Crippen LogP contribution is -2.41. The van der Waals surface area contributed by atoms with E-state index >= 15 is 0 Å². The molecule has 1 saturated heterocycles. The first kappa shape index (κ1) is 20.1. The minimum absolute atomic E-state index is 0.0734. The number of para-hydroxylation sites is 1. The molecule has 7 nitrogen and oxygen atoms in total. The molecule has 1 aliphatic rings. The van der Waals surface area contributed by atoms with Crippen LogP contribution in [-0.4, -0.2) is 38.7 Å². The Bertz CT molecular complexity index is 1040. The standard InChI is InChI=1S/C23H28N6O/c1-4-18-8-5-6-10-20(18)26-23(30)19-9-7-11-28(14-19)21-13-22(25-15-24-21)29-17(3)12-16(2)27-29/h5-6,8,10,12-13,15,19H,4,7,9,11,14H2,1-3H3,(H,26,30). The van der Waals surface area contributed by atoms with Crippen LogP contribution in [0, 0.1) is 19.8 Å². The van der Waals surface area contributed by atoms with Gasteiger partial charge in [-0.15, -0.1) is 0 Å². The van der Waals surface area contributed by atoms with Crippen LogP contribution < -0.4 is 10.2 Å². The minimum Gasteiger partial charge on any atom is -0.356 e. The second-order valence-electron chi connectivity index (χ2n) is 7.86. The van der Waals surface area contributed by atoms with Crippen LogP contribution in [0.5, 0.6) is 0 Å². The van der Waals surface area contributed by atoms with E-state index in [2.05, 4.69) is 38.3 Å². The van der Waals surface area contributed by atoms with E-state index in [0.717, 1.165) is 60.1 Å². The number of amides is 1. The quantitative estimate of drug-likeness (QED) is 0.702. The number of carbonyl (C=O) groups is 1. The van der Waals surface area contributed by atoms with E-state index in [1.165, 1.54) is 0 Å². The average molecular weight is 405 g/mol. The fourth-order valence-electron chi connectivity index (χ4n) is 4.07. The van der Waals surface area contributed by atoms with Gasteiger partial charge < -0.3 is 10.2 Å². The molecule has 2 aromatic heterocycles. The number of nitrogens with one attached hydrogen (secondary N) is 1. The van der Waals surface area contributed by atoms with E-state index < -0.39 is 0 Å². The zero-order valence-electron chi connectivity index (χ0n) is 17.8. The topological polar surface area (TPSA) is 75.9 Å². The maximum atomic E-state index is 13.0. The third-order valence-electron chi connectivity index (χ3n) is 5.64. The minimum atomic E-state index is -0.0734. The lowest BCUT2D eigenvalue weighted by Gasteiger charge is -2.33. The maximum Gasteiger partial charge on any atom is 0.229 e. The molecule has 1 N–H and O–H groups in total. The number of aromatic nitrogens is 4. The summed E-state index contributed by atoms with van der Waals surface area (Å²) in [6, 6.07) is 12.0. The Morgan fingerprint density at radius 1 is 1.17 bits per heavy atom.